The van der Waals surface area contributed by atoms with Gasteiger partial charge in [0.2, 0.25) is 0 Å². The Kier molecular flexibility index (Phi) is 6.76. The first-order chi connectivity index (χ1) is 15.9. The van der Waals surface area contributed by atoms with E-state index in [4.69, 9.17) is 21.7 Å². The molecule has 0 saturated carbocycles. The lowest BCUT2D eigenvalue weighted by molar-refractivity contribution is -0.123. The first-order valence-corrected chi connectivity index (χ1v) is 11.5. The van der Waals surface area contributed by atoms with Gasteiger partial charge in [0.05, 0.1) is 11.1 Å². The summed E-state index contributed by atoms with van der Waals surface area (Å²) in [4.78, 5) is 24.4. The van der Waals surface area contributed by atoms with E-state index in [0.29, 0.717) is 34.7 Å². The Morgan fingerprint density at radius 2 is 1.76 bits per heavy atom. The van der Waals surface area contributed by atoms with Crippen LogP contribution in [0, 0.1) is 6.92 Å². The zero-order valence-electron chi connectivity index (χ0n) is 18.0. The fraction of sp³-hybridized carbons (Fsp3) is 0.160. The van der Waals surface area contributed by atoms with Crippen LogP contribution in [-0.4, -0.2) is 23.5 Å². The number of nitrogens with one attached hydrogen (secondary N) is 2. The highest BCUT2D eigenvalue weighted by molar-refractivity contribution is 9.10. The number of rotatable bonds is 6. The summed E-state index contributed by atoms with van der Waals surface area (Å²) in [5.74, 6) is -0.0528. The van der Waals surface area contributed by atoms with Crippen LogP contribution in [0.5, 0.6) is 11.5 Å². The highest BCUT2D eigenvalue weighted by Gasteiger charge is 2.26. The molecule has 1 heterocycles. The van der Waals surface area contributed by atoms with E-state index >= 15 is 0 Å². The van der Waals surface area contributed by atoms with Gasteiger partial charge in [0.25, 0.3) is 11.8 Å². The lowest BCUT2D eigenvalue weighted by Crippen LogP contribution is -2.51. The topological polar surface area (TPSA) is 76.7 Å². The van der Waals surface area contributed by atoms with Gasteiger partial charge in [0.15, 0.2) is 16.6 Å². The number of hydrogen-bond donors (Lipinski definition) is 2. The Hall–Kier alpha value is -3.23. The van der Waals surface area contributed by atoms with Gasteiger partial charge in [-0.3, -0.25) is 20.2 Å². The highest BCUT2D eigenvalue weighted by Crippen LogP contribution is 2.38. The largest absolute Gasteiger partial charge is 0.490 e. The summed E-state index contributed by atoms with van der Waals surface area (Å²) >= 11 is 8.40. The Morgan fingerprint density at radius 3 is 2.48 bits per heavy atom. The van der Waals surface area contributed by atoms with Crippen LogP contribution in [0.15, 0.2) is 58.6 Å². The van der Waals surface area contributed by atoms with E-state index in [1.807, 2.05) is 19.1 Å². The number of thiocarbonyl (C=S) groups is 1. The third-order valence-corrected chi connectivity index (χ3v) is 6.01. The molecule has 0 atom stereocenters. The van der Waals surface area contributed by atoms with Gasteiger partial charge < -0.3 is 9.47 Å². The monoisotopic (exact) mass is 524 g/mol. The Labute approximate surface area is 205 Å². The number of carbonyl (C=O) groups is 2. The number of hydrogen-bond acceptors (Lipinski definition) is 5. The molecule has 4 rings (SSSR count). The number of halogens is 1. The molecule has 1 aliphatic rings. The summed E-state index contributed by atoms with van der Waals surface area (Å²) in [6.45, 7) is 4.71. The minimum absolute atomic E-state index is 0.00851. The van der Waals surface area contributed by atoms with Gasteiger partial charge in [-0.2, -0.15) is 0 Å². The molecular formula is C25H21BrN2O4S. The van der Waals surface area contributed by atoms with Crippen molar-refractivity contribution >= 4 is 61.9 Å². The number of benzene rings is 3. The normalized spacial score (nSPS) is 13.5. The predicted octanol–water partition coefficient (Wildman–Crippen LogP) is 4.80. The zero-order chi connectivity index (χ0) is 23.5. The Balaban J connectivity index is 1.67. The third kappa shape index (κ3) is 4.91. The summed E-state index contributed by atoms with van der Waals surface area (Å²) < 4.78 is 12.7. The van der Waals surface area contributed by atoms with Gasteiger partial charge in [-0.15, -0.1) is 0 Å². The van der Waals surface area contributed by atoms with Crippen LogP contribution < -0.4 is 20.1 Å². The van der Waals surface area contributed by atoms with Crippen LogP contribution >= 0.6 is 28.1 Å². The van der Waals surface area contributed by atoms with E-state index in [0.717, 1.165) is 21.9 Å². The fourth-order valence-corrected chi connectivity index (χ4v) is 4.39. The van der Waals surface area contributed by atoms with Gasteiger partial charge >= 0.3 is 0 Å². The van der Waals surface area contributed by atoms with Gasteiger partial charge in [-0.05, 0) is 82.1 Å². The quantitative estimate of drug-likeness (QED) is 0.275. The summed E-state index contributed by atoms with van der Waals surface area (Å²) in [7, 11) is 0. The minimum atomic E-state index is -0.551. The molecule has 0 radical (unpaired) electrons. The van der Waals surface area contributed by atoms with Crippen LogP contribution in [-0.2, 0) is 16.2 Å². The minimum Gasteiger partial charge on any atom is -0.490 e. The molecule has 3 aromatic rings. The number of aryl methyl sites for hydroxylation is 1. The first-order valence-electron chi connectivity index (χ1n) is 10.3. The molecule has 0 bridgehead atoms. The van der Waals surface area contributed by atoms with Crippen LogP contribution in [0.3, 0.4) is 0 Å². The molecule has 8 heteroatoms. The second kappa shape index (κ2) is 9.72. The molecule has 3 aromatic carbocycles. The molecule has 1 saturated heterocycles. The molecule has 2 N–H and O–H groups in total. The molecule has 168 valence electrons. The van der Waals surface area contributed by atoms with Crippen LogP contribution in [0.1, 0.15) is 23.6 Å². The maximum atomic E-state index is 12.2. The molecular weight excluding hydrogens is 504 g/mol. The molecule has 0 unspecified atom stereocenters. The Bertz CT molecular complexity index is 1300. The van der Waals surface area contributed by atoms with Crippen LogP contribution in [0.4, 0.5) is 0 Å². The van der Waals surface area contributed by atoms with Crippen molar-refractivity contribution in [3.8, 4) is 11.5 Å². The average molecular weight is 525 g/mol. The predicted molar refractivity (Wildman–Crippen MR) is 135 cm³/mol. The molecule has 6 nitrogen and oxygen atoms in total. The van der Waals surface area contributed by atoms with Crippen molar-refractivity contribution in [2.75, 3.05) is 6.61 Å². The number of ether oxygens (including phenoxy) is 2. The lowest BCUT2D eigenvalue weighted by atomic mass is 10.0. The van der Waals surface area contributed by atoms with E-state index < -0.39 is 11.8 Å². The SMILES string of the molecule is CCOc1cc(C=C2C(=O)NC(=S)NC2=O)cc(Br)c1OCc1c(C)ccc2ccccc12. The smallest absolute Gasteiger partial charge is 0.263 e. The van der Waals surface area contributed by atoms with Crippen LogP contribution in [0.25, 0.3) is 16.8 Å². The van der Waals surface area contributed by atoms with Gasteiger partial charge in [-0.25, -0.2) is 0 Å². The van der Waals surface area contributed by atoms with E-state index in [1.165, 1.54) is 6.08 Å². The summed E-state index contributed by atoms with van der Waals surface area (Å²) in [6.07, 6.45) is 1.48. The summed E-state index contributed by atoms with van der Waals surface area (Å²) in [5.41, 5.74) is 2.79. The molecule has 33 heavy (non-hydrogen) atoms. The average Bonchev–Trinajstić information content (AvgIpc) is 2.77. The van der Waals surface area contributed by atoms with E-state index in [1.54, 1.807) is 12.1 Å². The summed E-state index contributed by atoms with van der Waals surface area (Å²) in [6, 6.07) is 15.9. The van der Waals surface area contributed by atoms with Crippen molar-refractivity contribution < 1.29 is 19.1 Å². The zero-order valence-corrected chi connectivity index (χ0v) is 20.4. The summed E-state index contributed by atoms with van der Waals surface area (Å²) in [5, 5.41) is 7.14. The van der Waals surface area contributed by atoms with Crippen molar-refractivity contribution in [3.63, 3.8) is 0 Å². The number of amides is 2. The van der Waals surface area contributed by atoms with Crippen molar-refractivity contribution in [3.05, 3.63) is 75.3 Å². The Morgan fingerprint density at radius 1 is 1.03 bits per heavy atom. The number of fused-ring (bicyclic) bond motifs is 1. The first kappa shape index (κ1) is 22.9. The maximum Gasteiger partial charge on any atom is 0.263 e. The van der Waals surface area contributed by atoms with Crippen molar-refractivity contribution in [2.24, 2.45) is 0 Å². The van der Waals surface area contributed by atoms with E-state index in [2.05, 4.69) is 57.8 Å². The van der Waals surface area contributed by atoms with Gasteiger partial charge in [-0.1, -0.05) is 36.4 Å². The molecule has 0 aliphatic carbocycles. The van der Waals surface area contributed by atoms with E-state index in [-0.39, 0.29) is 10.7 Å². The molecule has 0 spiro atoms. The van der Waals surface area contributed by atoms with E-state index in [9.17, 15) is 9.59 Å². The van der Waals surface area contributed by atoms with Crippen molar-refractivity contribution in [1.29, 1.82) is 0 Å². The highest BCUT2D eigenvalue weighted by atomic mass is 79.9. The van der Waals surface area contributed by atoms with Gasteiger partial charge in [0.1, 0.15) is 12.2 Å². The van der Waals surface area contributed by atoms with Crippen molar-refractivity contribution in [2.45, 2.75) is 20.5 Å². The standard InChI is InChI=1S/C25H21BrN2O4S/c1-3-31-21-12-15(10-18-23(29)27-25(33)28-24(18)30)11-20(26)22(21)32-13-19-14(2)8-9-16-6-4-5-7-17(16)19/h4-12H,3,13H2,1-2H3,(H2,27,28,29,30,33). The molecule has 2 amide bonds. The van der Waals surface area contributed by atoms with Crippen LogP contribution in [0.2, 0.25) is 0 Å². The fourth-order valence-electron chi connectivity index (χ4n) is 3.63. The number of carbonyl (C=O) groups excluding carboxylic acids is 2. The second-order valence-corrected chi connectivity index (χ2v) is 8.69. The maximum absolute atomic E-state index is 12.2. The molecule has 1 aliphatic heterocycles. The molecule has 0 aromatic heterocycles. The third-order valence-electron chi connectivity index (χ3n) is 5.22. The lowest BCUT2D eigenvalue weighted by Gasteiger charge is -2.18. The molecule has 1 fully saturated rings. The van der Waals surface area contributed by atoms with Gasteiger partial charge in [0, 0.05) is 5.56 Å². The second-order valence-electron chi connectivity index (χ2n) is 7.43. The van der Waals surface area contributed by atoms with Crippen molar-refractivity contribution in [1.82, 2.24) is 10.6 Å².